The molecule has 96 valence electrons. The third-order valence-electron chi connectivity index (χ3n) is 3.33. The van der Waals surface area contributed by atoms with Crippen molar-refractivity contribution in [1.82, 2.24) is 9.88 Å². The maximum Gasteiger partial charge on any atom is 0.254 e. The highest BCUT2D eigenvalue weighted by Gasteiger charge is 2.40. The molecule has 1 atom stereocenters. The van der Waals surface area contributed by atoms with Crippen LogP contribution in [0.15, 0.2) is 18.3 Å². The summed E-state index contributed by atoms with van der Waals surface area (Å²) in [6.07, 6.45) is 1.77. The number of nitrogens with zero attached hydrogens (tertiary/aromatic N) is 2. The van der Waals surface area contributed by atoms with E-state index in [-0.39, 0.29) is 18.0 Å². The van der Waals surface area contributed by atoms with Crippen molar-refractivity contribution in [3.63, 3.8) is 0 Å². The molecule has 0 aliphatic carbocycles. The second-order valence-corrected chi connectivity index (χ2v) is 4.77. The summed E-state index contributed by atoms with van der Waals surface area (Å²) in [6.45, 7) is 2.45. The molecule has 2 rings (SSSR count). The van der Waals surface area contributed by atoms with Crippen LogP contribution in [-0.2, 0) is 4.79 Å². The number of carbonyl (C=O) groups excluding carboxylic acids is 2. The average molecular weight is 251 g/mol. The fraction of sp³-hybridized carbons (Fsp3) is 0.417. The lowest BCUT2D eigenvalue weighted by atomic mass is 9.89. The third-order valence-corrected chi connectivity index (χ3v) is 3.33. The van der Waals surface area contributed by atoms with Gasteiger partial charge in [-0.25, -0.2) is 4.98 Å². The number of rotatable bonds is 2. The van der Waals surface area contributed by atoms with Crippen LogP contribution in [0.3, 0.4) is 0 Å². The van der Waals surface area contributed by atoms with Crippen molar-refractivity contribution in [1.29, 1.82) is 0 Å². The molecule has 0 spiro atoms. The standard InChI is InChI=1S/C12H14FN3O2/c1-12(11(14)18)3-5-16(7-12)10(17)8-2-4-15-9(13)6-8/h2,4,6H,3,5,7H2,1H3,(H2,14,18). The van der Waals surface area contributed by atoms with Crippen LogP contribution in [0.1, 0.15) is 23.7 Å². The molecular weight excluding hydrogens is 237 g/mol. The highest BCUT2D eigenvalue weighted by atomic mass is 19.1. The quantitative estimate of drug-likeness (QED) is 0.780. The van der Waals surface area contributed by atoms with E-state index in [1.54, 1.807) is 6.92 Å². The maximum atomic E-state index is 12.9. The number of halogens is 1. The molecule has 18 heavy (non-hydrogen) atoms. The Morgan fingerprint density at radius 2 is 2.28 bits per heavy atom. The molecular formula is C12H14FN3O2. The van der Waals surface area contributed by atoms with E-state index >= 15 is 0 Å². The number of pyridine rings is 1. The van der Waals surface area contributed by atoms with Crippen molar-refractivity contribution in [2.75, 3.05) is 13.1 Å². The summed E-state index contributed by atoms with van der Waals surface area (Å²) in [5.74, 6) is -1.42. The van der Waals surface area contributed by atoms with E-state index in [1.807, 2.05) is 0 Å². The van der Waals surface area contributed by atoms with Gasteiger partial charge in [0.15, 0.2) is 0 Å². The highest BCUT2D eigenvalue weighted by Crippen LogP contribution is 2.30. The minimum atomic E-state index is -0.697. The number of amides is 2. The lowest BCUT2D eigenvalue weighted by Crippen LogP contribution is -2.38. The Bertz CT molecular complexity index is 506. The first-order chi connectivity index (χ1) is 8.42. The Balaban J connectivity index is 2.15. The largest absolute Gasteiger partial charge is 0.369 e. The average Bonchev–Trinajstić information content (AvgIpc) is 2.72. The van der Waals surface area contributed by atoms with Gasteiger partial charge in [0.25, 0.3) is 5.91 Å². The maximum absolute atomic E-state index is 12.9. The van der Waals surface area contributed by atoms with E-state index in [2.05, 4.69) is 4.98 Å². The van der Waals surface area contributed by atoms with Crippen LogP contribution in [0.2, 0.25) is 0 Å². The predicted molar refractivity (Wildman–Crippen MR) is 62.0 cm³/mol. The molecule has 0 bridgehead atoms. The molecule has 1 aromatic rings. The van der Waals surface area contributed by atoms with Gasteiger partial charge in [-0.1, -0.05) is 0 Å². The predicted octanol–water partition coefficient (Wildman–Crippen LogP) is 0.558. The van der Waals surface area contributed by atoms with Gasteiger partial charge < -0.3 is 10.6 Å². The van der Waals surface area contributed by atoms with E-state index in [0.29, 0.717) is 13.0 Å². The van der Waals surface area contributed by atoms with Crippen molar-refractivity contribution in [3.8, 4) is 0 Å². The van der Waals surface area contributed by atoms with E-state index in [9.17, 15) is 14.0 Å². The molecule has 1 aliphatic heterocycles. The highest BCUT2D eigenvalue weighted by molar-refractivity contribution is 5.95. The fourth-order valence-corrected chi connectivity index (χ4v) is 2.05. The van der Waals surface area contributed by atoms with Gasteiger partial charge in [-0.15, -0.1) is 0 Å². The zero-order valence-corrected chi connectivity index (χ0v) is 10.0. The summed E-state index contributed by atoms with van der Waals surface area (Å²) in [7, 11) is 0. The number of hydrogen-bond donors (Lipinski definition) is 1. The van der Waals surface area contributed by atoms with Crippen LogP contribution in [0, 0.1) is 11.4 Å². The fourth-order valence-electron chi connectivity index (χ4n) is 2.05. The van der Waals surface area contributed by atoms with Crippen molar-refractivity contribution in [2.24, 2.45) is 11.1 Å². The van der Waals surface area contributed by atoms with E-state index in [4.69, 9.17) is 5.73 Å². The van der Waals surface area contributed by atoms with Gasteiger partial charge in [0.05, 0.1) is 5.41 Å². The number of aromatic nitrogens is 1. The van der Waals surface area contributed by atoms with Gasteiger partial charge in [-0.05, 0) is 19.4 Å². The molecule has 1 aromatic heterocycles. The number of nitrogens with two attached hydrogens (primary N) is 1. The smallest absolute Gasteiger partial charge is 0.254 e. The lowest BCUT2D eigenvalue weighted by molar-refractivity contribution is -0.126. The molecule has 5 nitrogen and oxygen atoms in total. The molecule has 0 aromatic carbocycles. The first kappa shape index (κ1) is 12.5. The summed E-state index contributed by atoms with van der Waals surface area (Å²) in [5, 5.41) is 0. The normalized spacial score (nSPS) is 23.1. The van der Waals surface area contributed by atoms with Gasteiger partial charge in [-0.3, -0.25) is 9.59 Å². The van der Waals surface area contributed by atoms with Crippen LogP contribution in [0.25, 0.3) is 0 Å². The second kappa shape index (κ2) is 4.36. The Morgan fingerprint density at radius 1 is 1.56 bits per heavy atom. The lowest BCUT2D eigenvalue weighted by Gasteiger charge is -2.21. The first-order valence-electron chi connectivity index (χ1n) is 5.63. The molecule has 2 N–H and O–H groups in total. The van der Waals surface area contributed by atoms with Crippen LogP contribution < -0.4 is 5.73 Å². The third kappa shape index (κ3) is 2.18. The van der Waals surface area contributed by atoms with Gasteiger partial charge in [0, 0.05) is 30.9 Å². The Kier molecular flexibility index (Phi) is 3.02. The molecule has 1 unspecified atom stereocenters. The van der Waals surface area contributed by atoms with E-state index in [1.165, 1.54) is 17.2 Å². The van der Waals surface area contributed by atoms with Gasteiger partial charge in [0.2, 0.25) is 11.9 Å². The molecule has 6 heteroatoms. The summed E-state index contributed by atoms with van der Waals surface area (Å²) in [5.41, 5.74) is 4.85. The van der Waals surface area contributed by atoms with E-state index in [0.717, 1.165) is 6.07 Å². The van der Waals surface area contributed by atoms with Crippen molar-refractivity contribution < 1.29 is 14.0 Å². The number of hydrogen-bond acceptors (Lipinski definition) is 3. The monoisotopic (exact) mass is 251 g/mol. The zero-order chi connectivity index (χ0) is 13.3. The van der Waals surface area contributed by atoms with Gasteiger partial charge in [0.1, 0.15) is 0 Å². The molecule has 1 saturated heterocycles. The van der Waals surface area contributed by atoms with Crippen molar-refractivity contribution in [2.45, 2.75) is 13.3 Å². The molecule has 0 saturated carbocycles. The molecule has 1 fully saturated rings. The Labute approximate surface area is 104 Å². The number of primary amides is 1. The van der Waals surface area contributed by atoms with Crippen LogP contribution in [-0.4, -0.2) is 34.8 Å². The van der Waals surface area contributed by atoms with E-state index < -0.39 is 17.3 Å². The summed E-state index contributed by atoms with van der Waals surface area (Å²) in [4.78, 5) is 28.3. The SMILES string of the molecule is CC1(C(N)=O)CCN(C(=O)c2ccnc(F)c2)C1. The van der Waals surface area contributed by atoms with Gasteiger partial charge in [-0.2, -0.15) is 4.39 Å². The van der Waals surface area contributed by atoms with Crippen LogP contribution in [0.5, 0.6) is 0 Å². The van der Waals surface area contributed by atoms with Crippen molar-refractivity contribution >= 4 is 11.8 Å². The Morgan fingerprint density at radius 3 is 2.83 bits per heavy atom. The van der Waals surface area contributed by atoms with Crippen LogP contribution in [0.4, 0.5) is 4.39 Å². The molecule has 1 aliphatic rings. The minimum absolute atomic E-state index is 0.233. The summed E-state index contributed by atoms with van der Waals surface area (Å²) >= 11 is 0. The number of likely N-dealkylation sites (tertiary alicyclic amines) is 1. The summed E-state index contributed by atoms with van der Waals surface area (Å²) in [6, 6.07) is 2.54. The second-order valence-electron chi connectivity index (χ2n) is 4.77. The van der Waals surface area contributed by atoms with Crippen molar-refractivity contribution in [3.05, 3.63) is 29.8 Å². The Hall–Kier alpha value is -1.98. The topological polar surface area (TPSA) is 76.3 Å². The molecule has 2 amide bonds. The number of carbonyl (C=O) groups is 2. The molecule has 0 radical (unpaired) electrons. The van der Waals surface area contributed by atoms with Gasteiger partial charge >= 0.3 is 0 Å². The minimum Gasteiger partial charge on any atom is -0.369 e. The molecule has 2 heterocycles. The zero-order valence-electron chi connectivity index (χ0n) is 10.0. The van der Waals surface area contributed by atoms with Crippen LogP contribution >= 0.6 is 0 Å². The first-order valence-corrected chi connectivity index (χ1v) is 5.63. The summed E-state index contributed by atoms with van der Waals surface area (Å²) < 4.78 is 12.9.